The SMILES string of the molecule is CCOc1ccc(C=Nc2ccccc2C)cc1C(=O)O. The number of aliphatic imine (C=N–C) groups is 1. The molecule has 0 aliphatic heterocycles. The predicted molar refractivity (Wildman–Crippen MR) is 83.0 cm³/mol. The molecular formula is C17H17NO3. The number of hydrogen-bond acceptors (Lipinski definition) is 3. The highest BCUT2D eigenvalue weighted by atomic mass is 16.5. The molecule has 0 heterocycles. The predicted octanol–water partition coefficient (Wildman–Crippen LogP) is 3.84. The minimum Gasteiger partial charge on any atom is -0.493 e. The lowest BCUT2D eigenvalue weighted by Crippen LogP contribution is -2.03. The van der Waals surface area contributed by atoms with E-state index in [4.69, 9.17) is 4.74 Å². The smallest absolute Gasteiger partial charge is 0.339 e. The van der Waals surface area contributed by atoms with Crippen molar-refractivity contribution >= 4 is 17.9 Å². The molecule has 0 aliphatic rings. The summed E-state index contributed by atoms with van der Waals surface area (Å²) in [6.45, 7) is 4.23. The fourth-order valence-electron chi connectivity index (χ4n) is 1.93. The third-order valence-corrected chi connectivity index (χ3v) is 3.00. The van der Waals surface area contributed by atoms with Crippen LogP contribution in [0, 0.1) is 6.92 Å². The van der Waals surface area contributed by atoms with Crippen LogP contribution in [0.25, 0.3) is 0 Å². The number of para-hydroxylation sites is 1. The Hall–Kier alpha value is -2.62. The lowest BCUT2D eigenvalue weighted by molar-refractivity contribution is 0.0692. The first-order valence-electron chi connectivity index (χ1n) is 6.71. The number of carboxylic acid groups (broad SMARTS) is 1. The van der Waals surface area contributed by atoms with Gasteiger partial charge in [0.1, 0.15) is 11.3 Å². The molecule has 0 unspecified atom stereocenters. The van der Waals surface area contributed by atoms with Crippen molar-refractivity contribution in [2.75, 3.05) is 6.61 Å². The summed E-state index contributed by atoms with van der Waals surface area (Å²) in [5.41, 5.74) is 2.80. The van der Waals surface area contributed by atoms with E-state index < -0.39 is 5.97 Å². The number of hydrogen-bond donors (Lipinski definition) is 1. The molecule has 1 N–H and O–H groups in total. The maximum atomic E-state index is 11.3. The summed E-state index contributed by atoms with van der Waals surface area (Å²) >= 11 is 0. The molecule has 0 aliphatic carbocycles. The van der Waals surface area contributed by atoms with Crippen LogP contribution in [-0.2, 0) is 0 Å². The number of nitrogens with zero attached hydrogens (tertiary/aromatic N) is 1. The fraction of sp³-hybridized carbons (Fsp3) is 0.176. The lowest BCUT2D eigenvalue weighted by atomic mass is 10.1. The first-order chi connectivity index (χ1) is 10.1. The van der Waals surface area contributed by atoms with Gasteiger partial charge < -0.3 is 9.84 Å². The van der Waals surface area contributed by atoms with Crippen LogP contribution in [0.1, 0.15) is 28.4 Å². The van der Waals surface area contributed by atoms with Gasteiger partial charge in [-0.1, -0.05) is 18.2 Å². The van der Waals surface area contributed by atoms with E-state index in [9.17, 15) is 9.90 Å². The zero-order valence-corrected chi connectivity index (χ0v) is 12.0. The summed E-state index contributed by atoms with van der Waals surface area (Å²) < 4.78 is 5.31. The van der Waals surface area contributed by atoms with Gasteiger partial charge in [0.25, 0.3) is 0 Å². The highest BCUT2D eigenvalue weighted by Gasteiger charge is 2.11. The van der Waals surface area contributed by atoms with Gasteiger partial charge in [-0.25, -0.2) is 4.79 Å². The molecule has 0 spiro atoms. The van der Waals surface area contributed by atoms with Crippen molar-refractivity contribution in [2.45, 2.75) is 13.8 Å². The van der Waals surface area contributed by atoms with E-state index in [1.807, 2.05) is 38.1 Å². The van der Waals surface area contributed by atoms with Gasteiger partial charge in [0.2, 0.25) is 0 Å². The van der Waals surface area contributed by atoms with Crippen LogP contribution < -0.4 is 4.74 Å². The molecule has 0 saturated heterocycles. The van der Waals surface area contributed by atoms with Gasteiger partial charge in [-0.05, 0) is 49.2 Å². The number of rotatable bonds is 5. The number of aryl methyl sites for hydroxylation is 1. The second-order valence-corrected chi connectivity index (χ2v) is 4.54. The molecule has 0 radical (unpaired) electrons. The Morgan fingerprint density at radius 1 is 1.29 bits per heavy atom. The van der Waals surface area contributed by atoms with Crippen LogP contribution in [0.3, 0.4) is 0 Å². The van der Waals surface area contributed by atoms with Gasteiger partial charge in [0.15, 0.2) is 0 Å². The van der Waals surface area contributed by atoms with E-state index in [2.05, 4.69) is 4.99 Å². The van der Waals surface area contributed by atoms with Crippen molar-refractivity contribution in [2.24, 2.45) is 4.99 Å². The molecule has 0 fully saturated rings. The third kappa shape index (κ3) is 3.69. The van der Waals surface area contributed by atoms with Gasteiger partial charge >= 0.3 is 5.97 Å². The number of aromatic carboxylic acids is 1. The van der Waals surface area contributed by atoms with Gasteiger partial charge in [0, 0.05) is 6.21 Å². The van der Waals surface area contributed by atoms with Crippen molar-refractivity contribution in [1.82, 2.24) is 0 Å². The van der Waals surface area contributed by atoms with Crippen molar-refractivity contribution in [3.63, 3.8) is 0 Å². The first-order valence-corrected chi connectivity index (χ1v) is 6.71. The normalized spacial score (nSPS) is 10.8. The van der Waals surface area contributed by atoms with Crippen molar-refractivity contribution < 1.29 is 14.6 Å². The highest BCUT2D eigenvalue weighted by molar-refractivity contribution is 5.94. The quantitative estimate of drug-likeness (QED) is 0.848. The molecule has 2 aromatic carbocycles. The third-order valence-electron chi connectivity index (χ3n) is 3.00. The zero-order valence-electron chi connectivity index (χ0n) is 12.0. The average Bonchev–Trinajstić information content (AvgIpc) is 2.47. The number of ether oxygens (including phenoxy) is 1. The topological polar surface area (TPSA) is 58.9 Å². The summed E-state index contributed by atoms with van der Waals surface area (Å²) in [4.78, 5) is 15.6. The minimum atomic E-state index is -1.01. The Bertz CT molecular complexity index is 677. The zero-order chi connectivity index (χ0) is 15.2. The molecule has 4 nitrogen and oxygen atoms in total. The van der Waals surface area contributed by atoms with Gasteiger partial charge in [-0.2, -0.15) is 0 Å². The van der Waals surface area contributed by atoms with Crippen LogP contribution in [0.4, 0.5) is 5.69 Å². The van der Waals surface area contributed by atoms with Crippen molar-refractivity contribution in [3.05, 3.63) is 59.2 Å². The Balaban J connectivity index is 2.31. The largest absolute Gasteiger partial charge is 0.493 e. The molecular weight excluding hydrogens is 266 g/mol. The van der Waals surface area contributed by atoms with E-state index in [1.165, 1.54) is 0 Å². The van der Waals surface area contributed by atoms with E-state index >= 15 is 0 Å². The summed E-state index contributed by atoms with van der Waals surface area (Å²) in [5, 5.41) is 9.22. The minimum absolute atomic E-state index is 0.144. The number of benzene rings is 2. The molecule has 21 heavy (non-hydrogen) atoms. The second kappa shape index (κ2) is 6.70. The molecule has 2 rings (SSSR count). The monoisotopic (exact) mass is 283 g/mol. The van der Waals surface area contributed by atoms with Crippen LogP contribution in [-0.4, -0.2) is 23.9 Å². The van der Waals surface area contributed by atoms with E-state index in [0.717, 1.165) is 16.8 Å². The van der Waals surface area contributed by atoms with Crippen LogP contribution >= 0.6 is 0 Å². The highest BCUT2D eigenvalue weighted by Crippen LogP contribution is 2.21. The second-order valence-electron chi connectivity index (χ2n) is 4.54. The number of carbonyl (C=O) groups is 1. The van der Waals surface area contributed by atoms with Crippen LogP contribution in [0.5, 0.6) is 5.75 Å². The summed E-state index contributed by atoms with van der Waals surface area (Å²) in [5.74, 6) is -0.636. The molecule has 2 aromatic rings. The Morgan fingerprint density at radius 3 is 2.71 bits per heavy atom. The van der Waals surface area contributed by atoms with Crippen molar-refractivity contribution in [1.29, 1.82) is 0 Å². The van der Waals surface area contributed by atoms with Gasteiger partial charge in [-0.3, -0.25) is 4.99 Å². The molecule has 0 atom stereocenters. The van der Waals surface area contributed by atoms with Crippen molar-refractivity contribution in [3.8, 4) is 5.75 Å². The summed E-state index contributed by atoms with van der Waals surface area (Å²) in [6, 6.07) is 12.8. The van der Waals surface area contributed by atoms with E-state index in [1.54, 1.807) is 24.4 Å². The first kappa shape index (κ1) is 14.8. The maximum absolute atomic E-state index is 11.3. The Labute approximate surface area is 123 Å². The molecule has 0 amide bonds. The van der Waals surface area contributed by atoms with E-state index in [0.29, 0.717) is 12.4 Å². The maximum Gasteiger partial charge on any atom is 0.339 e. The molecule has 0 bridgehead atoms. The molecule has 108 valence electrons. The summed E-state index contributed by atoms with van der Waals surface area (Å²) in [7, 11) is 0. The van der Waals surface area contributed by atoms with Gasteiger partial charge in [0.05, 0.1) is 12.3 Å². The van der Waals surface area contributed by atoms with Crippen LogP contribution in [0.2, 0.25) is 0 Å². The fourth-order valence-corrected chi connectivity index (χ4v) is 1.93. The van der Waals surface area contributed by atoms with E-state index in [-0.39, 0.29) is 5.56 Å². The summed E-state index contributed by atoms with van der Waals surface area (Å²) in [6.07, 6.45) is 1.66. The van der Waals surface area contributed by atoms with Gasteiger partial charge in [-0.15, -0.1) is 0 Å². The number of carboxylic acids is 1. The standard InChI is InChI=1S/C17H17NO3/c1-3-21-16-9-8-13(10-14(16)17(19)20)11-18-15-7-5-4-6-12(15)2/h4-11H,3H2,1-2H3,(H,19,20). The Morgan fingerprint density at radius 2 is 2.05 bits per heavy atom. The Kier molecular flexibility index (Phi) is 4.72. The molecule has 4 heteroatoms. The van der Waals surface area contributed by atoms with Crippen LogP contribution in [0.15, 0.2) is 47.5 Å². The lowest BCUT2D eigenvalue weighted by Gasteiger charge is -2.07. The molecule has 0 saturated carbocycles. The average molecular weight is 283 g/mol. The molecule has 0 aromatic heterocycles.